The van der Waals surface area contributed by atoms with Gasteiger partial charge in [0.15, 0.2) is 0 Å². The number of ether oxygens (including phenoxy) is 1. The van der Waals surface area contributed by atoms with Crippen LogP contribution >= 0.6 is 11.6 Å². The molecule has 1 aromatic rings. The SMILES string of the molecule is CCC1(C(=O)OCc2cccc(Cl)c2)CCNC1. The van der Waals surface area contributed by atoms with Gasteiger partial charge in [0.05, 0.1) is 5.41 Å². The summed E-state index contributed by atoms with van der Waals surface area (Å²) < 4.78 is 5.42. The molecular formula is C14H18ClNO2. The molecule has 1 aromatic carbocycles. The maximum absolute atomic E-state index is 12.2. The number of benzene rings is 1. The first-order valence-electron chi connectivity index (χ1n) is 6.29. The van der Waals surface area contributed by atoms with Gasteiger partial charge in [-0.2, -0.15) is 0 Å². The fourth-order valence-electron chi connectivity index (χ4n) is 2.29. The predicted molar refractivity (Wildman–Crippen MR) is 71.5 cm³/mol. The molecule has 0 amide bonds. The number of halogens is 1. The molecule has 1 atom stereocenters. The fourth-order valence-corrected chi connectivity index (χ4v) is 2.51. The number of hydrogen-bond acceptors (Lipinski definition) is 3. The first kappa shape index (κ1) is 13.4. The second-order valence-corrected chi connectivity index (χ2v) is 5.20. The molecule has 1 fully saturated rings. The molecular weight excluding hydrogens is 250 g/mol. The highest BCUT2D eigenvalue weighted by Crippen LogP contribution is 2.31. The van der Waals surface area contributed by atoms with Crippen molar-refractivity contribution in [3.8, 4) is 0 Å². The molecule has 0 saturated carbocycles. The standard InChI is InChI=1S/C14H18ClNO2/c1-2-14(6-7-16-10-14)13(17)18-9-11-4-3-5-12(15)8-11/h3-5,8,16H,2,6-7,9-10H2,1H3. The van der Waals surface area contributed by atoms with Crippen molar-refractivity contribution >= 4 is 17.6 Å². The van der Waals surface area contributed by atoms with E-state index in [0.29, 0.717) is 11.6 Å². The first-order chi connectivity index (χ1) is 8.66. The third kappa shape index (κ3) is 2.85. The molecule has 1 aliphatic rings. The molecule has 18 heavy (non-hydrogen) atoms. The highest BCUT2D eigenvalue weighted by atomic mass is 35.5. The topological polar surface area (TPSA) is 38.3 Å². The van der Waals surface area contributed by atoms with E-state index in [2.05, 4.69) is 5.32 Å². The maximum Gasteiger partial charge on any atom is 0.313 e. The number of esters is 1. The summed E-state index contributed by atoms with van der Waals surface area (Å²) >= 11 is 5.89. The predicted octanol–water partition coefficient (Wildman–Crippen LogP) is 2.77. The molecule has 4 heteroatoms. The van der Waals surface area contributed by atoms with E-state index in [-0.39, 0.29) is 11.4 Å². The van der Waals surface area contributed by atoms with Crippen LogP contribution in [0.5, 0.6) is 0 Å². The maximum atomic E-state index is 12.2. The third-order valence-electron chi connectivity index (χ3n) is 3.61. The molecule has 1 aliphatic heterocycles. The van der Waals surface area contributed by atoms with Crippen molar-refractivity contribution < 1.29 is 9.53 Å². The highest BCUT2D eigenvalue weighted by molar-refractivity contribution is 6.30. The van der Waals surface area contributed by atoms with E-state index in [1.165, 1.54) is 0 Å². The lowest BCUT2D eigenvalue weighted by Gasteiger charge is -2.24. The Morgan fingerprint density at radius 3 is 3.00 bits per heavy atom. The lowest BCUT2D eigenvalue weighted by Crippen LogP contribution is -2.34. The summed E-state index contributed by atoms with van der Waals surface area (Å²) in [7, 11) is 0. The largest absolute Gasteiger partial charge is 0.460 e. The lowest BCUT2D eigenvalue weighted by molar-refractivity contribution is -0.156. The van der Waals surface area contributed by atoms with Crippen LogP contribution in [0.3, 0.4) is 0 Å². The van der Waals surface area contributed by atoms with Crippen LogP contribution in [0.4, 0.5) is 0 Å². The molecule has 0 spiro atoms. The van der Waals surface area contributed by atoms with Crippen LogP contribution < -0.4 is 5.32 Å². The molecule has 1 unspecified atom stereocenters. The van der Waals surface area contributed by atoms with Crippen molar-refractivity contribution in [3.63, 3.8) is 0 Å². The van der Waals surface area contributed by atoms with E-state index in [1.807, 2.05) is 25.1 Å². The van der Waals surface area contributed by atoms with Crippen molar-refractivity contribution in [2.45, 2.75) is 26.4 Å². The number of carbonyl (C=O) groups is 1. The molecule has 0 aliphatic carbocycles. The van der Waals surface area contributed by atoms with Crippen LogP contribution in [0.15, 0.2) is 24.3 Å². The van der Waals surface area contributed by atoms with Crippen molar-refractivity contribution in [3.05, 3.63) is 34.9 Å². The Hall–Kier alpha value is -1.06. The van der Waals surface area contributed by atoms with E-state index in [4.69, 9.17) is 16.3 Å². The van der Waals surface area contributed by atoms with Gasteiger partial charge in [0.25, 0.3) is 0 Å². The second kappa shape index (κ2) is 5.72. The van der Waals surface area contributed by atoms with Crippen LogP contribution in [0.1, 0.15) is 25.3 Å². The number of hydrogen-bond donors (Lipinski definition) is 1. The van der Waals surface area contributed by atoms with Gasteiger partial charge < -0.3 is 10.1 Å². The summed E-state index contributed by atoms with van der Waals surface area (Å²) in [6, 6.07) is 7.39. The molecule has 1 heterocycles. The van der Waals surface area contributed by atoms with Gasteiger partial charge in [-0.25, -0.2) is 0 Å². The van der Waals surface area contributed by atoms with E-state index >= 15 is 0 Å². The Labute approximate surface area is 112 Å². The van der Waals surface area contributed by atoms with Crippen LogP contribution in [-0.2, 0) is 16.1 Å². The monoisotopic (exact) mass is 267 g/mol. The summed E-state index contributed by atoms with van der Waals surface area (Å²) in [6.45, 7) is 3.94. The zero-order valence-electron chi connectivity index (χ0n) is 10.5. The van der Waals surface area contributed by atoms with Crippen molar-refractivity contribution in [1.82, 2.24) is 5.32 Å². The van der Waals surface area contributed by atoms with E-state index in [1.54, 1.807) is 6.07 Å². The van der Waals surface area contributed by atoms with Gasteiger partial charge in [0, 0.05) is 11.6 Å². The lowest BCUT2D eigenvalue weighted by atomic mass is 9.84. The summed E-state index contributed by atoms with van der Waals surface area (Å²) in [5, 5.41) is 3.89. The van der Waals surface area contributed by atoms with Crippen molar-refractivity contribution in [2.24, 2.45) is 5.41 Å². The Balaban J connectivity index is 1.95. The molecule has 1 N–H and O–H groups in total. The van der Waals surface area contributed by atoms with E-state index in [9.17, 15) is 4.79 Å². The number of nitrogens with one attached hydrogen (secondary N) is 1. The van der Waals surface area contributed by atoms with Crippen molar-refractivity contribution in [1.29, 1.82) is 0 Å². The summed E-state index contributed by atoms with van der Waals surface area (Å²) in [5.74, 6) is -0.102. The van der Waals surface area contributed by atoms with Crippen LogP contribution in [-0.4, -0.2) is 19.1 Å². The fraction of sp³-hybridized carbons (Fsp3) is 0.500. The Bertz CT molecular complexity index is 428. The zero-order chi connectivity index (χ0) is 13.0. The molecule has 98 valence electrons. The van der Waals surface area contributed by atoms with Crippen LogP contribution in [0.25, 0.3) is 0 Å². The highest BCUT2D eigenvalue weighted by Gasteiger charge is 2.40. The molecule has 0 bridgehead atoms. The van der Waals surface area contributed by atoms with Crippen LogP contribution in [0.2, 0.25) is 5.02 Å². The van der Waals surface area contributed by atoms with Gasteiger partial charge in [-0.05, 0) is 37.1 Å². The van der Waals surface area contributed by atoms with Gasteiger partial charge in [0.2, 0.25) is 0 Å². The van der Waals surface area contributed by atoms with E-state index in [0.717, 1.165) is 31.5 Å². The average Bonchev–Trinajstić information content (AvgIpc) is 2.86. The molecule has 3 nitrogen and oxygen atoms in total. The van der Waals surface area contributed by atoms with Gasteiger partial charge in [-0.1, -0.05) is 30.7 Å². The van der Waals surface area contributed by atoms with Gasteiger partial charge in [-0.3, -0.25) is 4.79 Å². The normalized spacial score (nSPS) is 23.0. The quantitative estimate of drug-likeness (QED) is 0.853. The molecule has 1 saturated heterocycles. The molecule has 0 radical (unpaired) electrons. The van der Waals surface area contributed by atoms with Gasteiger partial charge in [0.1, 0.15) is 6.61 Å². The van der Waals surface area contributed by atoms with Gasteiger partial charge >= 0.3 is 5.97 Å². The van der Waals surface area contributed by atoms with Crippen LogP contribution in [0, 0.1) is 5.41 Å². The molecule has 2 rings (SSSR count). The van der Waals surface area contributed by atoms with Gasteiger partial charge in [-0.15, -0.1) is 0 Å². The summed E-state index contributed by atoms with van der Waals surface area (Å²) in [5.41, 5.74) is 0.589. The Kier molecular flexibility index (Phi) is 4.25. The van der Waals surface area contributed by atoms with Crippen molar-refractivity contribution in [2.75, 3.05) is 13.1 Å². The Morgan fingerprint density at radius 1 is 1.56 bits per heavy atom. The number of rotatable bonds is 4. The summed E-state index contributed by atoms with van der Waals surface area (Å²) in [4.78, 5) is 12.2. The number of carbonyl (C=O) groups excluding carboxylic acids is 1. The Morgan fingerprint density at radius 2 is 2.39 bits per heavy atom. The minimum absolute atomic E-state index is 0.102. The third-order valence-corrected chi connectivity index (χ3v) is 3.85. The second-order valence-electron chi connectivity index (χ2n) is 4.77. The average molecular weight is 268 g/mol. The zero-order valence-corrected chi connectivity index (χ0v) is 11.3. The first-order valence-corrected chi connectivity index (χ1v) is 6.66. The molecule has 0 aromatic heterocycles. The minimum Gasteiger partial charge on any atom is -0.460 e. The minimum atomic E-state index is -0.335. The van der Waals surface area contributed by atoms with E-state index < -0.39 is 0 Å². The summed E-state index contributed by atoms with van der Waals surface area (Å²) in [6.07, 6.45) is 1.67. The smallest absolute Gasteiger partial charge is 0.313 e.